The smallest absolute Gasteiger partial charge is 0.158 e. The minimum absolute atomic E-state index is 0.0246. The first-order chi connectivity index (χ1) is 16.7. The van der Waals surface area contributed by atoms with E-state index in [-0.39, 0.29) is 31.4 Å². The van der Waals surface area contributed by atoms with Gasteiger partial charge in [0.25, 0.3) is 0 Å². The lowest BCUT2D eigenvalue weighted by Crippen LogP contribution is -2.32. The number of fused-ring (bicyclic) bond motifs is 1. The molecule has 2 saturated carbocycles. The van der Waals surface area contributed by atoms with Crippen LogP contribution in [-0.2, 0) is 18.9 Å². The monoisotopic (exact) mass is 472 g/mol. The molecule has 5 heteroatoms. The molecule has 0 radical (unpaired) electrons. The Labute approximate surface area is 206 Å². The van der Waals surface area contributed by atoms with Crippen molar-refractivity contribution in [1.29, 1.82) is 0 Å². The van der Waals surface area contributed by atoms with Gasteiger partial charge in [-0.25, -0.2) is 0 Å². The Morgan fingerprint density at radius 2 is 1.85 bits per heavy atom. The van der Waals surface area contributed by atoms with Gasteiger partial charge in [-0.2, -0.15) is 0 Å². The Balaban J connectivity index is 1.49. The number of aliphatic hydroxyl groups excluding tert-OH is 1. The van der Waals surface area contributed by atoms with E-state index in [1.165, 1.54) is 12.0 Å². The highest BCUT2D eigenvalue weighted by Crippen LogP contribution is 2.51. The van der Waals surface area contributed by atoms with Crippen LogP contribution < -0.4 is 0 Å². The molecule has 2 saturated heterocycles. The second-order valence-electron chi connectivity index (χ2n) is 10.6. The van der Waals surface area contributed by atoms with Crippen molar-refractivity contribution >= 4 is 0 Å². The van der Waals surface area contributed by atoms with E-state index in [4.69, 9.17) is 18.9 Å². The Morgan fingerprint density at radius 3 is 2.53 bits per heavy atom. The fourth-order valence-corrected chi connectivity index (χ4v) is 6.18. The summed E-state index contributed by atoms with van der Waals surface area (Å²) in [6, 6.07) is 0. The van der Waals surface area contributed by atoms with Gasteiger partial charge < -0.3 is 24.1 Å². The lowest BCUT2D eigenvalue weighted by Gasteiger charge is -2.31. The molecule has 1 N–H and O–H groups in total. The predicted molar refractivity (Wildman–Crippen MR) is 133 cm³/mol. The molecule has 2 aliphatic heterocycles. The number of ether oxygens (including phenoxy) is 4. The molecule has 4 aliphatic rings. The lowest BCUT2D eigenvalue weighted by molar-refractivity contribution is -0.193. The number of hydrogen-bond donors (Lipinski definition) is 1. The molecule has 4 rings (SSSR count). The topological polar surface area (TPSA) is 57.2 Å². The maximum absolute atomic E-state index is 9.42. The van der Waals surface area contributed by atoms with Gasteiger partial charge in [0.15, 0.2) is 12.6 Å². The molecule has 5 nitrogen and oxygen atoms in total. The summed E-state index contributed by atoms with van der Waals surface area (Å²) >= 11 is 0. The molecule has 2 heterocycles. The van der Waals surface area contributed by atoms with E-state index in [0.29, 0.717) is 23.7 Å². The molecule has 0 bridgehead atoms. The molecule has 0 aromatic rings. The molecular weight excluding hydrogens is 428 g/mol. The Morgan fingerprint density at radius 1 is 1.09 bits per heavy atom. The zero-order valence-electron chi connectivity index (χ0n) is 21.1. The van der Waals surface area contributed by atoms with Gasteiger partial charge in [-0.05, 0) is 82.5 Å². The minimum Gasteiger partial charge on any atom is -0.392 e. The summed E-state index contributed by atoms with van der Waals surface area (Å²) in [6.45, 7) is 5.85. The minimum atomic E-state index is -0.120. The van der Waals surface area contributed by atoms with E-state index >= 15 is 0 Å². The van der Waals surface area contributed by atoms with Crippen LogP contribution in [0, 0.1) is 35.5 Å². The number of allylic oxidation sites excluding steroid dienone is 1. The van der Waals surface area contributed by atoms with E-state index in [2.05, 4.69) is 30.9 Å². The maximum atomic E-state index is 9.42. The van der Waals surface area contributed by atoms with Crippen molar-refractivity contribution in [3.05, 3.63) is 23.8 Å². The first kappa shape index (κ1) is 25.9. The summed E-state index contributed by atoms with van der Waals surface area (Å²) in [4.78, 5) is 0. The molecular formula is C29H44O5. The van der Waals surface area contributed by atoms with Gasteiger partial charge >= 0.3 is 0 Å². The zero-order valence-corrected chi connectivity index (χ0v) is 21.1. The molecule has 0 amide bonds. The van der Waals surface area contributed by atoms with Crippen LogP contribution in [0.15, 0.2) is 23.8 Å². The van der Waals surface area contributed by atoms with E-state index in [1.54, 1.807) is 0 Å². The summed E-state index contributed by atoms with van der Waals surface area (Å²) in [6.07, 6.45) is 17.2. The molecule has 3 unspecified atom stereocenters. The number of aliphatic hydroxyl groups is 1. The molecule has 0 spiro atoms. The highest BCUT2D eigenvalue weighted by atomic mass is 16.7. The highest BCUT2D eigenvalue weighted by molar-refractivity contribution is 5.18. The second-order valence-corrected chi connectivity index (χ2v) is 10.6. The van der Waals surface area contributed by atoms with E-state index < -0.39 is 0 Å². The number of rotatable bonds is 9. The maximum Gasteiger partial charge on any atom is 0.158 e. The summed E-state index contributed by atoms with van der Waals surface area (Å²) in [5.74, 6) is 8.07. The van der Waals surface area contributed by atoms with Crippen molar-refractivity contribution in [2.24, 2.45) is 23.7 Å². The first-order valence-electron chi connectivity index (χ1n) is 13.6. The van der Waals surface area contributed by atoms with Gasteiger partial charge in [-0.3, -0.25) is 0 Å². The van der Waals surface area contributed by atoms with E-state index in [0.717, 1.165) is 71.0 Å². The van der Waals surface area contributed by atoms with Gasteiger partial charge in [0, 0.05) is 25.6 Å². The van der Waals surface area contributed by atoms with Gasteiger partial charge in [0.2, 0.25) is 0 Å². The van der Waals surface area contributed by atoms with Crippen LogP contribution in [0.1, 0.15) is 78.1 Å². The van der Waals surface area contributed by atoms with Crippen molar-refractivity contribution in [1.82, 2.24) is 0 Å². The largest absolute Gasteiger partial charge is 0.392 e. The van der Waals surface area contributed by atoms with Crippen molar-refractivity contribution in [2.75, 3.05) is 19.8 Å². The van der Waals surface area contributed by atoms with Gasteiger partial charge in [-0.1, -0.05) is 30.7 Å². The summed E-state index contributed by atoms with van der Waals surface area (Å²) in [5, 5.41) is 9.42. The third-order valence-electron chi connectivity index (χ3n) is 8.06. The molecule has 8 atom stereocenters. The zero-order chi connectivity index (χ0) is 23.8. The number of hydrogen-bond acceptors (Lipinski definition) is 5. The van der Waals surface area contributed by atoms with Crippen LogP contribution in [0.25, 0.3) is 0 Å². The van der Waals surface area contributed by atoms with Crippen LogP contribution in [0.5, 0.6) is 0 Å². The average molecular weight is 473 g/mol. The molecule has 0 aromatic carbocycles. The fraction of sp³-hybridized carbons (Fsp3) is 0.793. The molecule has 0 aromatic heterocycles. The summed E-state index contributed by atoms with van der Waals surface area (Å²) < 4.78 is 24.9. The Bertz CT molecular complexity index is 737. The first-order valence-corrected chi connectivity index (χ1v) is 13.6. The van der Waals surface area contributed by atoms with Crippen molar-refractivity contribution in [3.63, 3.8) is 0 Å². The third-order valence-corrected chi connectivity index (χ3v) is 8.06. The quantitative estimate of drug-likeness (QED) is 0.361. The van der Waals surface area contributed by atoms with Gasteiger partial charge in [-0.15, -0.1) is 11.8 Å². The SMILES string of the molecule is CC#CCC(C)[C@@H](/C=C/[C@@H]1[C@H]2C/C(=C\CO)C[C@H]2C[C@H]1OC1CCCCO1)OC1CCCCO1. The van der Waals surface area contributed by atoms with Crippen LogP contribution in [0.3, 0.4) is 0 Å². The van der Waals surface area contributed by atoms with Crippen molar-refractivity contribution < 1.29 is 24.1 Å². The summed E-state index contributed by atoms with van der Waals surface area (Å²) in [7, 11) is 0. The van der Waals surface area contributed by atoms with Crippen LogP contribution in [-0.4, -0.2) is 49.7 Å². The predicted octanol–water partition coefficient (Wildman–Crippen LogP) is 5.38. The standard InChI is InChI=1S/C29H44O5/c1-3-4-9-21(2)26(33-28-10-5-7-16-31-28)13-12-24-25-19-22(14-15-30)18-23(25)20-27(24)34-29-11-6-8-17-32-29/h12-14,21,23-30H,5-11,15-20H2,1-2H3/b13-12+,22-14-/t21?,23-,24+,25-,26+,27+,28?,29?/m0/s1. The molecule has 190 valence electrons. The fourth-order valence-electron chi connectivity index (χ4n) is 6.18. The molecule has 34 heavy (non-hydrogen) atoms. The Hall–Kier alpha value is -1.16. The Kier molecular flexibility index (Phi) is 10.1. The van der Waals surface area contributed by atoms with Crippen molar-refractivity contribution in [3.8, 4) is 11.8 Å². The van der Waals surface area contributed by atoms with Crippen LogP contribution in [0.4, 0.5) is 0 Å². The van der Waals surface area contributed by atoms with Crippen LogP contribution in [0.2, 0.25) is 0 Å². The highest BCUT2D eigenvalue weighted by Gasteiger charge is 2.47. The second kappa shape index (κ2) is 13.2. The van der Waals surface area contributed by atoms with E-state index in [1.807, 2.05) is 13.0 Å². The van der Waals surface area contributed by atoms with E-state index in [9.17, 15) is 5.11 Å². The lowest BCUT2D eigenvalue weighted by atomic mass is 9.89. The third kappa shape index (κ3) is 6.95. The molecule has 2 aliphatic carbocycles. The normalized spacial score (nSPS) is 36.9. The van der Waals surface area contributed by atoms with Crippen LogP contribution >= 0.6 is 0 Å². The van der Waals surface area contributed by atoms with Gasteiger partial charge in [0.05, 0.1) is 18.8 Å². The summed E-state index contributed by atoms with van der Waals surface area (Å²) in [5.41, 5.74) is 1.40. The van der Waals surface area contributed by atoms with Gasteiger partial charge in [0.1, 0.15) is 0 Å². The average Bonchev–Trinajstić information content (AvgIpc) is 3.38. The van der Waals surface area contributed by atoms with Crippen molar-refractivity contribution in [2.45, 2.75) is 103 Å². The molecule has 4 fully saturated rings.